The van der Waals surface area contributed by atoms with Crippen LogP contribution in [0.4, 0.5) is 0 Å². The third-order valence-electron chi connectivity index (χ3n) is 3.38. The van der Waals surface area contributed by atoms with Crippen LogP contribution in [-0.4, -0.2) is 35.5 Å². The number of hydrogen-bond donors (Lipinski definition) is 3. The Labute approximate surface area is 92.9 Å². The van der Waals surface area contributed by atoms with Crippen LogP contribution in [0.25, 0.3) is 0 Å². The maximum absolute atomic E-state index is 9.65. The molecule has 0 saturated heterocycles. The van der Waals surface area contributed by atoms with Gasteiger partial charge in [0.25, 0.3) is 0 Å². The second kappa shape index (κ2) is 7.20. The Balaban J connectivity index is 2.19. The summed E-state index contributed by atoms with van der Waals surface area (Å²) in [5, 5.41) is 22.0. The number of hydrogen-bond acceptors (Lipinski definition) is 3. The first-order valence-electron chi connectivity index (χ1n) is 6.30. The fourth-order valence-electron chi connectivity index (χ4n) is 2.44. The van der Waals surface area contributed by atoms with Gasteiger partial charge in [-0.05, 0) is 44.6 Å². The fraction of sp³-hybridized carbons (Fsp3) is 1.00. The van der Waals surface area contributed by atoms with E-state index >= 15 is 0 Å². The van der Waals surface area contributed by atoms with E-state index in [1.807, 2.05) is 0 Å². The van der Waals surface area contributed by atoms with Gasteiger partial charge in [-0.1, -0.05) is 13.3 Å². The lowest BCUT2D eigenvalue weighted by Gasteiger charge is -2.21. The zero-order valence-electron chi connectivity index (χ0n) is 9.78. The Morgan fingerprint density at radius 1 is 1.33 bits per heavy atom. The molecule has 90 valence electrons. The maximum atomic E-state index is 9.65. The minimum Gasteiger partial charge on any atom is -0.396 e. The van der Waals surface area contributed by atoms with E-state index in [4.69, 9.17) is 5.11 Å². The predicted octanol–water partition coefficient (Wildman–Crippen LogP) is 1.29. The summed E-state index contributed by atoms with van der Waals surface area (Å²) in [6.45, 7) is 3.39. The number of nitrogens with one attached hydrogen (secondary N) is 1. The van der Waals surface area contributed by atoms with E-state index in [-0.39, 0.29) is 12.7 Å². The molecule has 1 aliphatic rings. The Kier molecular flexibility index (Phi) is 6.22. The third-order valence-corrected chi connectivity index (χ3v) is 3.38. The second-order valence-corrected chi connectivity index (χ2v) is 4.68. The number of aliphatic hydroxyl groups excluding tert-OH is 2. The van der Waals surface area contributed by atoms with Crippen LogP contribution in [0.15, 0.2) is 0 Å². The van der Waals surface area contributed by atoms with E-state index < -0.39 is 0 Å². The summed E-state index contributed by atoms with van der Waals surface area (Å²) in [6, 6.07) is 0.294. The number of rotatable bonds is 7. The average molecular weight is 215 g/mol. The molecule has 0 amide bonds. The Hall–Kier alpha value is -0.120. The molecule has 0 aromatic rings. The third kappa shape index (κ3) is 4.49. The van der Waals surface area contributed by atoms with Crippen molar-refractivity contribution in [2.45, 2.75) is 57.6 Å². The molecule has 3 nitrogen and oxygen atoms in total. The van der Waals surface area contributed by atoms with Crippen molar-refractivity contribution >= 4 is 0 Å². The molecule has 1 unspecified atom stereocenters. The SMILES string of the molecule is CCCC(CCO)CN[C@H]1CCC[C@@H]1O. The summed E-state index contributed by atoms with van der Waals surface area (Å²) in [5.41, 5.74) is 0. The van der Waals surface area contributed by atoms with E-state index in [1.54, 1.807) is 0 Å². The average Bonchev–Trinajstić information content (AvgIpc) is 2.61. The zero-order valence-corrected chi connectivity index (χ0v) is 9.78. The first kappa shape index (κ1) is 12.9. The van der Waals surface area contributed by atoms with E-state index in [2.05, 4.69) is 12.2 Å². The fourth-order valence-corrected chi connectivity index (χ4v) is 2.44. The molecular formula is C12H25NO2. The number of aliphatic hydroxyl groups is 2. The van der Waals surface area contributed by atoms with Gasteiger partial charge in [0, 0.05) is 12.6 Å². The van der Waals surface area contributed by atoms with Gasteiger partial charge in [-0.2, -0.15) is 0 Å². The predicted molar refractivity (Wildman–Crippen MR) is 61.7 cm³/mol. The summed E-state index contributed by atoms with van der Waals surface area (Å²) < 4.78 is 0. The molecule has 0 aromatic carbocycles. The van der Waals surface area contributed by atoms with Crippen LogP contribution in [0.5, 0.6) is 0 Å². The van der Waals surface area contributed by atoms with Crippen LogP contribution < -0.4 is 5.32 Å². The first-order chi connectivity index (χ1) is 7.27. The highest BCUT2D eigenvalue weighted by Crippen LogP contribution is 2.19. The molecule has 0 heterocycles. The van der Waals surface area contributed by atoms with Gasteiger partial charge in [0.05, 0.1) is 6.10 Å². The summed E-state index contributed by atoms with van der Waals surface area (Å²) in [5.74, 6) is 0.563. The van der Waals surface area contributed by atoms with Crippen molar-refractivity contribution in [1.29, 1.82) is 0 Å². The van der Waals surface area contributed by atoms with Crippen LogP contribution in [0.3, 0.4) is 0 Å². The topological polar surface area (TPSA) is 52.5 Å². The van der Waals surface area contributed by atoms with Gasteiger partial charge in [0.1, 0.15) is 0 Å². The molecule has 0 radical (unpaired) electrons. The van der Waals surface area contributed by atoms with E-state index in [1.165, 1.54) is 6.42 Å². The highest BCUT2D eigenvalue weighted by Gasteiger charge is 2.24. The highest BCUT2D eigenvalue weighted by molar-refractivity contribution is 4.83. The molecule has 0 aliphatic heterocycles. The van der Waals surface area contributed by atoms with Gasteiger partial charge in [-0.15, -0.1) is 0 Å². The highest BCUT2D eigenvalue weighted by atomic mass is 16.3. The Morgan fingerprint density at radius 3 is 2.67 bits per heavy atom. The van der Waals surface area contributed by atoms with Crippen LogP contribution in [0, 0.1) is 5.92 Å². The zero-order chi connectivity index (χ0) is 11.1. The van der Waals surface area contributed by atoms with Crippen molar-refractivity contribution in [3.8, 4) is 0 Å². The van der Waals surface area contributed by atoms with Gasteiger partial charge in [-0.3, -0.25) is 0 Å². The molecule has 15 heavy (non-hydrogen) atoms. The molecule has 1 saturated carbocycles. The lowest BCUT2D eigenvalue weighted by molar-refractivity contribution is 0.144. The first-order valence-corrected chi connectivity index (χ1v) is 6.30. The minimum absolute atomic E-state index is 0.151. The molecule has 3 N–H and O–H groups in total. The van der Waals surface area contributed by atoms with Gasteiger partial charge in [0.15, 0.2) is 0 Å². The molecule has 1 fully saturated rings. The normalized spacial score (nSPS) is 28.2. The molecule has 1 aliphatic carbocycles. The van der Waals surface area contributed by atoms with Crippen LogP contribution >= 0.6 is 0 Å². The van der Waals surface area contributed by atoms with E-state index in [0.717, 1.165) is 38.6 Å². The van der Waals surface area contributed by atoms with Crippen molar-refractivity contribution in [2.24, 2.45) is 5.92 Å². The summed E-state index contributed by atoms with van der Waals surface area (Å²) in [7, 11) is 0. The standard InChI is InChI=1S/C12H25NO2/c1-2-4-10(7-8-14)9-13-11-5-3-6-12(11)15/h10-15H,2-9H2,1H3/t10?,11-,12-/m0/s1. The van der Waals surface area contributed by atoms with Crippen molar-refractivity contribution in [2.75, 3.05) is 13.2 Å². The van der Waals surface area contributed by atoms with Crippen LogP contribution in [0.1, 0.15) is 45.4 Å². The summed E-state index contributed by atoms with van der Waals surface area (Å²) in [4.78, 5) is 0. The van der Waals surface area contributed by atoms with E-state index in [0.29, 0.717) is 12.0 Å². The van der Waals surface area contributed by atoms with Crippen LogP contribution in [-0.2, 0) is 0 Å². The van der Waals surface area contributed by atoms with Crippen molar-refractivity contribution in [3.05, 3.63) is 0 Å². The quantitative estimate of drug-likeness (QED) is 0.600. The van der Waals surface area contributed by atoms with Gasteiger partial charge >= 0.3 is 0 Å². The van der Waals surface area contributed by atoms with Crippen LogP contribution in [0.2, 0.25) is 0 Å². The molecular weight excluding hydrogens is 190 g/mol. The molecule has 3 heteroatoms. The van der Waals surface area contributed by atoms with Gasteiger partial charge in [-0.25, -0.2) is 0 Å². The largest absolute Gasteiger partial charge is 0.396 e. The summed E-state index contributed by atoms with van der Waals surface area (Å²) in [6.07, 6.45) is 6.23. The second-order valence-electron chi connectivity index (χ2n) is 4.68. The van der Waals surface area contributed by atoms with Crippen molar-refractivity contribution in [3.63, 3.8) is 0 Å². The van der Waals surface area contributed by atoms with Crippen molar-refractivity contribution < 1.29 is 10.2 Å². The lowest BCUT2D eigenvalue weighted by atomic mass is 9.99. The molecule has 1 rings (SSSR count). The van der Waals surface area contributed by atoms with Gasteiger partial charge in [0.2, 0.25) is 0 Å². The lowest BCUT2D eigenvalue weighted by Crippen LogP contribution is -2.38. The monoisotopic (exact) mass is 215 g/mol. The molecule has 3 atom stereocenters. The Morgan fingerprint density at radius 2 is 2.13 bits per heavy atom. The molecule has 0 spiro atoms. The summed E-state index contributed by atoms with van der Waals surface area (Å²) >= 11 is 0. The smallest absolute Gasteiger partial charge is 0.0693 e. The van der Waals surface area contributed by atoms with Crippen molar-refractivity contribution in [1.82, 2.24) is 5.32 Å². The minimum atomic E-state index is -0.151. The van der Waals surface area contributed by atoms with E-state index in [9.17, 15) is 5.11 Å². The van der Waals surface area contributed by atoms with Gasteiger partial charge < -0.3 is 15.5 Å². The molecule has 0 aromatic heterocycles. The maximum Gasteiger partial charge on any atom is 0.0693 e. The Bertz CT molecular complexity index is 158. The molecule has 0 bridgehead atoms.